The molecule has 1 atom stereocenters. The van der Waals surface area contributed by atoms with E-state index in [0.717, 1.165) is 25.6 Å². The Morgan fingerprint density at radius 2 is 1.90 bits per heavy atom. The molecule has 0 saturated carbocycles. The maximum atomic E-state index is 5.93. The predicted octanol–water partition coefficient (Wildman–Crippen LogP) is 2.48. The fourth-order valence-corrected chi connectivity index (χ4v) is 3.17. The van der Waals surface area contributed by atoms with Crippen LogP contribution in [0.1, 0.15) is 24.5 Å². The SMILES string of the molecule is Cl.c1ccc(C2CN(CC3CCNCC3)CCO2)cc1. The van der Waals surface area contributed by atoms with Gasteiger partial charge in [0.05, 0.1) is 12.7 Å². The highest BCUT2D eigenvalue weighted by atomic mass is 35.5. The van der Waals surface area contributed by atoms with Gasteiger partial charge in [-0.15, -0.1) is 12.4 Å². The summed E-state index contributed by atoms with van der Waals surface area (Å²) >= 11 is 0. The van der Waals surface area contributed by atoms with Crippen LogP contribution in [0.15, 0.2) is 30.3 Å². The van der Waals surface area contributed by atoms with Gasteiger partial charge in [0.2, 0.25) is 0 Å². The van der Waals surface area contributed by atoms with Crippen LogP contribution in [0.5, 0.6) is 0 Å². The van der Waals surface area contributed by atoms with Gasteiger partial charge in [-0.05, 0) is 37.4 Å². The van der Waals surface area contributed by atoms with Crippen LogP contribution >= 0.6 is 12.4 Å². The molecule has 0 aliphatic carbocycles. The van der Waals surface area contributed by atoms with Crippen LogP contribution in [-0.2, 0) is 4.74 Å². The molecule has 0 amide bonds. The van der Waals surface area contributed by atoms with E-state index in [4.69, 9.17) is 4.74 Å². The number of halogens is 1. The summed E-state index contributed by atoms with van der Waals surface area (Å²) in [5.41, 5.74) is 1.32. The van der Waals surface area contributed by atoms with Crippen LogP contribution in [0, 0.1) is 5.92 Å². The summed E-state index contributed by atoms with van der Waals surface area (Å²) < 4.78 is 5.93. The summed E-state index contributed by atoms with van der Waals surface area (Å²) in [5, 5.41) is 3.44. The minimum atomic E-state index is 0. The standard InChI is InChI=1S/C16H24N2O.ClH/c1-2-4-15(5-3-1)16-13-18(10-11-19-16)12-14-6-8-17-9-7-14;/h1-5,14,16-17H,6-13H2;1H. The maximum Gasteiger partial charge on any atom is 0.0952 e. The van der Waals surface area contributed by atoms with Crippen LogP contribution in [0.2, 0.25) is 0 Å². The Morgan fingerprint density at radius 1 is 1.15 bits per heavy atom. The van der Waals surface area contributed by atoms with Gasteiger partial charge in [0.1, 0.15) is 0 Å². The molecule has 0 bridgehead atoms. The van der Waals surface area contributed by atoms with Crippen molar-refractivity contribution in [3.8, 4) is 0 Å². The number of hydrogen-bond donors (Lipinski definition) is 1. The van der Waals surface area contributed by atoms with Gasteiger partial charge < -0.3 is 10.1 Å². The Kier molecular flexibility index (Phi) is 6.30. The number of piperidine rings is 1. The quantitative estimate of drug-likeness (QED) is 0.927. The van der Waals surface area contributed by atoms with E-state index in [-0.39, 0.29) is 18.5 Å². The Balaban J connectivity index is 0.00000147. The molecule has 1 N–H and O–H groups in total. The molecule has 2 aliphatic rings. The number of hydrogen-bond acceptors (Lipinski definition) is 3. The average Bonchev–Trinajstić information content (AvgIpc) is 2.49. The number of benzene rings is 1. The molecule has 2 heterocycles. The molecule has 112 valence electrons. The van der Waals surface area contributed by atoms with Gasteiger partial charge in [-0.2, -0.15) is 0 Å². The first-order valence-corrected chi connectivity index (χ1v) is 7.51. The Morgan fingerprint density at radius 3 is 2.65 bits per heavy atom. The zero-order valence-corrected chi connectivity index (χ0v) is 12.8. The summed E-state index contributed by atoms with van der Waals surface area (Å²) in [6, 6.07) is 10.6. The smallest absolute Gasteiger partial charge is 0.0952 e. The summed E-state index contributed by atoms with van der Waals surface area (Å²) in [7, 11) is 0. The van der Waals surface area contributed by atoms with Crippen LogP contribution in [-0.4, -0.2) is 44.2 Å². The Hall–Kier alpha value is -0.610. The van der Waals surface area contributed by atoms with Gasteiger partial charge in [-0.1, -0.05) is 30.3 Å². The Bertz CT molecular complexity index is 381. The molecule has 20 heavy (non-hydrogen) atoms. The van der Waals surface area contributed by atoms with E-state index >= 15 is 0 Å². The van der Waals surface area contributed by atoms with Gasteiger partial charge >= 0.3 is 0 Å². The number of ether oxygens (including phenoxy) is 1. The molecule has 3 nitrogen and oxygen atoms in total. The van der Waals surface area contributed by atoms with Crippen molar-refractivity contribution in [2.24, 2.45) is 5.92 Å². The van der Waals surface area contributed by atoms with E-state index < -0.39 is 0 Å². The van der Waals surface area contributed by atoms with E-state index in [1.807, 2.05) is 0 Å². The highest BCUT2D eigenvalue weighted by Gasteiger charge is 2.24. The monoisotopic (exact) mass is 296 g/mol. The van der Waals surface area contributed by atoms with Gasteiger partial charge in [0, 0.05) is 19.6 Å². The predicted molar refractivity (Wildman–Crippen MR) is 84.4 cm³/mol. The minimum absolute atomic E-state index is 0. The second-order valence-corrected chi connectivity index (χ2v) is 5.72. The minimum Gasteiger partial charge on any atom is -0.371 e. The first kappa shape index (κ1) is 15.8. The van der Waals surface area contributed by atoms with Crippen LogP contribution < -0.4 is 5.32 Å². The van der Waals surface area contributed by atoms with E-state index in [9.17, 15) is 0 Å². The second kappa shape index (κ2) is 7.99. The molecule has 1 aromatic carbocycles. The van der Waals surface area contributed by atoms with Crippen LogP contribution in [0.3, 0.4) is 0 Å². The normalized spacial score (nSPS) is 25.1. The highest BCUT2D eigenvalue weighted by molar-refractivity contribution is 5.85. The van der Waals surface area contributed by atoms with Crippen LogP contribution in [0.4, 0.5) is 0 Å². The van der Waals surface area contributed by atoms with Gasteiger partial charge in [-0.25, -0.2) is 0 Å². The van der Waals surface area contributed by atoms with Crippen molar-refractivity contribution in [1.82, 2.24) is 10.2 Å². The number of morpholine rings is 1. The van der Waals surface area contributed by atoms with Crippen molar-refractivity contribution >= 4 is 12.4 Å². The number of nitrogens with one attached hydrogen (secondary N) is 1. The van der Waals surface area contributed by atoms with Crippen molar-refractivity contribution < 1.29 is 4.74 Å². The van der Waals surface area contributed by atoms with Crippen molar-refractivity contribution in [3.63, 3.8) is 0 Å². The highest BCUT2D eigenvalue weighted by Crippen LogP contribution is 2.23. The fraction of sp³-hybridized carbons (Fsp3) is 0.625. The molecule has 2 saturated heterocycles. The molecule has 4 heteroatoms. The lowest BCUT2D eigenvalue weighted by atomic mass is 9.97. The molecule has 1 aromatic rings. The molecule has 2 fully saturated rings. The van der Waals surface area contributed by atoms with E-state index in [2.05, 4.69) is 40.5 Å². The molecule has 2 aliphatic heterocycles. The molecule has 3 rings (SSSR count). The molecule has 0 radical (unpaired) electrons. The Labute approximate surface area is 128 Å². The molecule has 0 aromatic heterocycles. The summed E-state index contributed by atoms with van der Waals surface area (Å²) in [5.74, 6) is 0.871. The van der Waals surface area contributed by atoms with E-state index in [0.29, 0.717) is 0 Å². The van der Waals surface area contributed by atoms with Gasteiger partial charge in [-0.3, -0.25) is 4.90 Å². The maximum absolute atomic E-state index is 5.93. The molecule has 0 spiro atoms. The van der Waals surface area contributed by atoms with E-state index in [1.165, 1.54) is 38.0 Å². The molecular weight excluding hydrogens is 272 g/mol. The molecular formula is C16H25ClN2O. The number of nitrogens with zero attached hydrogens (tertiary/aromatic N) is 1. The first-order chi connectivity index (χ1) is 9.42. The van der Waals surface area contributed by atoms with Gasteiger partial charge in [0.25, 0.3) is 0 Å². The second-order valence-electron chi connectivity index (χ2n) is 5.72. The third kappa shape index (κ3) is 4.19. The topological polar surface area (TPSA) is 24.5 Å². The van der Waals surface area contributed by atoms with Crippen molar-refractivity contribution in [1.29, 1.82) is 0 Å². The zero-order chi connectivity index (χ0) is 12.9. The summed E-state index contributed by atoms with van der Waals surface area (Å²) in [6.07, 6.45) is 2.91. The average molecular weight is 297 g/mol. The zero-order valence-electron chi connectivity index (χ0n) is 12.0. The van der Waals surface area contributed by atoms with Gasteiger partial charge in [0.15, 0.2) is 0 Å². The summed E-state index contributed by atoms with van der Waals surface area (Å²) in [6.45, 7) is 6.63. The van der Waals surface area contributed by atoms with Crippen molar-refractivity contribution in [3.05, 3.63) is 35.9 Å². The third-order valence-corrected chi connectivity index (χ3v) is 4.30. The lowest BCUT2D eigenvalue weighted by Crippen LogP contribution is -2.43. The van der Waals surface area contributed by atoms with E-state index in [1.54, 1.807) is 0 Å². The lowest BCUT2D eigenvalue weighted by molar-refractivity contribution is -0.0356. The van der Waals surface area contributed by atoms with Crippen molar-refractivity contribution in [2.45, 2.75) is 18.9 Å². The first-order valence-electron chi connectivity index (χ1n) is 7.51. The largest absolute Gasteiger partial charge is 0.371 e. The van der Waals surface area contributed by atoms with Crippen molar-refractivity contribution in [2.75, 3.05) is 39.3 Å². The van der Waals surface area contributed by atoms with Crippen LogP contribution in [0.25, 0.3) is 0 Å². The lowest BCUT2D eigenvalue weighted by Gasteiger charge is -2.36. The third-order valence-electron chi connectivity index (χ3n) is 4.30. The fourth-order valence-electron chi connectivity index (χ4n) is 3.17. The molecule has 1 unspecified atom stereocenters. The number of rotatable bonds is 3. The summed E-state index contributed by atoms with van der Waals surface area (Å²) in [4.78, 5) is 2.59.